The van der Waals surface area contributed by atoms with Crippen LogP contribution >= 0.6 is 0 Å². The van der Waals surface area contributed by atoms with E-state index in [2.05, 4.69) is 5.32 Å². The second-order valence-electron chi connectivity index (χ2n) is 5.58. The highest BCUT2D eigenvalue weighted by Crippen LogP contribution is 2.26. The number of nitrogen functional groups attached to an aromatic ring is 1. The number of nitrogens with two attached hydrogens (primary N) is 1. The zero-order valence-corrected chi connectivity index (χ0v) is 12.0. The summed E-state index contributed by atoms with van der Waals surface area (Å²) in [5, 5.41) is 13.5. The van der Waals surface area contributed by atoms with Crippen molar-refractivity contribution in [2.75, 3.05) is 12.3 Å². The molecule has 21 heavy (non-hydrogen) atoms. The van der Waals surface area contributed by atoms with Gasteiger partial charge in [0.25, 0.3) is 11.6 Å². The summed E-state index contributed by atoms with van der Waals surface area (Å²) in [5.74, 6) is 0.480. The van der Waals surface area contributed by atoms with Crippen molar-refractivity contribution in [2.24, 2.45) is 5.92 Å². The average Bonchev–Trinajstić information content (AvgIpc) is 2.47. The van der Waals surface area contributed by atoms with Crippen LogP contribution < -0.4 is 11.1 Å². The molecule has 1 fully saturated rings. The predicted molar refractivity (Wildman–Crippen MR) is 81.0 cm³/mol. The molecule has 1 aromatic carbocycles. The van der Waals surface area contributed by atoms with E-state index in [0.29, 0.717) is 18.0 Å². The Hall–Kier alpha value is -2.11. The lowest BCUT2D eigenvalue weighted by molar-refractivity contribution is -0.383. The van der Waals surface area contributed by atoms with Crippen molar-refractivity contribution in [3.8, 4) is 0 Å². The summed E-state index contributed by atoms with van der Waals surface area (Å²) < 4.78 is 0. The van der Waals surface area contributed by atoms with Crippen LogP contribution in [0.4, 0.5) is 11.4 Å². The molecule has 0 aromatic heterocycles. The zero-order valence-electron chi connectivity index (χ0n) is 12.0. The second kappa shape index (κ2) is 7.06. The van der Waals surface area contributed by atoms with E-state index < -0.39 is 4.92 Å². The molecule has 0 atom stereocenters. The fourth-order valence-electron chi connectivity index (χ4n) is 2.83. The number of benzene rings is 1. The number of nitro groups is 1. The lowest BCUT2D eigenvalue weighted by Gasteiger charge is -2.21. The molecule has 0 unspecified atom stereocenters. The maximum Gasteiger partial charge on any atom is 0.292 e. The van der Waals surface area contributed by atoms with E-state index in [1.165, 1.54) is 50.3 Å². The molecule has 1 aromatic rings. The van der Waals surface area contributed by atoms with Crippen molar-refractivity contribution in [2.45, 2.75) is 38.5 Å². The van der Waals surface area contributed by atoms with Gasteiger partial charge in [-0.05, 0) is 24.5 Å². The molecule has 0 saturated heterocycles. The number of nitrogens with zero attached hydrogens (tertiary/aromatic N) is 1. The van der Waals surface area contributed by atoms with E-state index >= 15 is 0 Å². The van der Waals surface area contributed by atoms with Crippen LogP contribution in [0.1, 0.15) is 48.9 Å². The van der Waals surface area contributed by atoms with Gasteiger partial charge in [0.2, 0.25) is 0 Å². The summed E-state index contributed by atoms with van der Waals surface area (Å²) >= 11 is 0. The third-order valence-corrected chi connectivity index (χ3v) is 4.05. The van der Waals surface area contributed by atoms with E-state index in [4.69, 9.17) is 5.73 Å². The Morgan fingerprint density at radius 2 is 2.05 bits per heavy atom. The molecular weight excluding hydrogens is 270 g/mol. The number of rotatable bonds is 5. The number of amides is 1. The van der Waals surface area contributed by atoms with Gasteiger partial charge in [-0.25, -0.2) is 0 Å². The first-order valence-corrected chi connectivity index (χ1v) is 7.40. The highest BCUT2D eigenvalue weighted by molar-refractivity contribution is 5.95. The zero-order chi connectivity index (χ0) is 15.2. The summed E-state index contributed by atoms with van der Waals surface area (Å²) in [6.45, 7) is 0.639. The second-order valence-corrected chi connectivity index (χ2v) is 5.58. The number of carbonyl (C=O) groups is 1. The van der Waals surface area contributed by atoms with Gasteiger partial charge in [-0.3, -0.25) is 14.9 Å². The minimum absolute atomic E-state index is 0.0138. The molecule has 6 nitrogen and oxygen atoms in total. The van der Waals surface area contributed by atoms with Gasteiger partial charge in [0.15, 0.2) is 0 Å². The highest BCUT2D eigenvalue weighted by Gasteiger charge is 2.16. The average molecular weight is 291 g/mol. The smallest absolute Gasteiger partial charge is 0.292 e. The van der Waals surface area contributed by atoms with E-state index in [1.807, 2.05) is 0 Å². The first-order chi connectivity index (χ1) is 10.1. The lowest BCUT2D eigenvalue weighted by atomic mass is 9.87. The van der Waals surface area contributed by atoms with Crippen LogP contribution in [0, 0.1) is 16.0 Å². The Bertz CT molecular complexity index is 525. The molecule has 6 heteroatoms. The van der Waals surface area contributed by atoms with Crippen LogP contribution in [-0.2, 0) is 0 Å². The third-order valence-electron chi connectivity index (χ3n) is 4.05. The third kappa shape index (κ3) is 4.18. The van der Waals surface area contributed by atoms with Crippen LogP contribution in [0.25, 0.3) is 0 Å². The normalized spacial score (nSPS) is 15.6. The fraction of sp³-hybridized carbons (Fsp3) is 0.533. The molecule has 0 bridgehead atoms. The Morgan fingerprint density at radius 3 is 2.67 bits per heavy atom. The largest absolute Gasteiger partial charge is 0.393 e. The Labute approximate surface area is 123 Å². The number of carbonyl (C=O) groups excluding carboxylic acids is 1. The number of hydrogen-bond acceptors (Lipinski definition) is 4. The molecule has 0 aliphatic heterocycles. The summed E-state index contributed by atoms with van der Waals surface area (Å²) in [5.41, 5.74) is 5.79. The summed E-state index contributed by atoms with van der Waals surface area (Å²) in [6.07, 6.45) is 7.40. The van der Waals surface area contributed by atoms with Crippen molar-refractivity contribution in [1.29, 1.82) is 0 Å². The topological polar surface area (TPSA) is 98.3 Å². The van der Waals surface area contributed by atoms with Crippen molar-refractivity contribution in [1.82, 2.24) is 5.32 Å². The van der Waals surface area contributed by atoms with Crippen molar-refractivity contribution >= 4 is 17.3 Å². The van der Waals surface area contributed by atoms with Crippen LogP contribution in [0.5, 0.6) is 0 Å². The van der Waals surface area contributed by atoms with Gasteiger partial charge in [0.1, 0.15) is 5.69 Å². The fourth-order valence-corrected chi connectivity index (χ4v) is 2.83. The highest BCUT2D eigenvalue weighted by atomic mass is 16.6. The predicted octanol–water partition coefficient (Wildman–Crippen LogP) is 2.88. The molecule has 0 spiro atoms. The Balaban J connectivity index is 1.85. The molecule has 1 aliphatic rings. The quantitative estimate of drug-likeness (QED) is 0.495. The molecule has 1 aliphatic carbocycles. The van der Waals surface area contributed by atoms with Gasteiger partial charge in [-0.2, -0.15) is 0 Å². The Morgan fingerprint density at radius 1 is 1.33 bits per heavy atom. The van der Waals surface area contributed by atoms with Gasteiger partial charge in [0.05, 0.1) is 4.92 Å². The van der Waals surface area contributed by atoms with E-state index in [1.54, 1.807) is 0 Å². The molecule has 1 saturated carbocycles. The molecule has 0 radical (unpaired) electrons. The Kier molecular flexibility index (Phi) is 5.14. The lowest BCUT2D eigenvalue weighted by Crippen LogP contribution is -2.26. The van der Waals surface area contributed by atoms with Crippen LogP contribution in [0.3, 0.4) is 0 Å². The first kappa shape index (κ1) is 15.3. The minimum Gasteiger partial charge on any atom is -0.393 e. The standard InChI is InChI=1S/C15H21N3O3/c16-13-10-12(6-7-14(13)18(20)21)15(19)17-9-8-11-4-2-1-3-5-11/h6-7,10-11H,1-5,8-9,16H2,(H,17,19). The molecule has 3 N–H and O–H groups in total. The van der Waals surface area contributed by atoms with Crippen LogP contribution in [0.2, 0.25) is 0 Å². The summed E-state index contributed by atoms with van der Waals surface area (Å²) in [6, 6.07) is 4.06. The molecular formula is C15H21N3O3. The molecule has 1 amide bonds. The molecule has 0 heterocycles. The maximum absolute atomic E-state index is 12.0. The first-order valence-electron chi connectivity index (χ1n) is 7.40. The van der Waals surface area contributed by atoms with Crippen LogP contribution in [0.15, 0.2) is 18.2 Å². The van der Waals surface area contributed by atoms with Crippen molar-refractivity contribution < 1.29 is 9.72 Å². The number of nitro benzene ring substituents is 1. The summed E-state index contributed by atoms with van der Waals surface area (Å²) in [7, 11) is 0. The maximum atomic E-state index is 12.0. The van der Waals surface area contributed by atoms with Crippen LogP contribution in [-0.4, -0.2) is 17.4 Å². The van der Waals surface area contributed by atoms with Crippen molar-refractivity contribution in [3.05, 3.63) is 33.9 Å². The summed E-state index contributed by atoms with van der Waals surface area (Å²) in [4.78, 5) is 22.1. The number of nitrogens with one attached hydrogen (secondary N) is 1. The molecule has 114 valence electrons. The van der Waals surface area contributed by atoms with Crippen molar-refractivity contribution in [3.63, 3.8) is 0 Å². The number of anilines is 1. The molecule has 2 rings (SSSR count). The van der Waals surface area contributed by atoms with E-state index in [9.17, 15) is 14.9 Å². The monoisotopic (exact) mass is 291 g/mol. The van der Waals surface area contributed by atoms with Gasteiger partial charge in [-0.1, -0.05) is 32.1 Å². The van der Waals surface area contributed by atoms with E-state index in [0.717, 1.165) is 6.42 Å². The van der Waals surface area contributed by atoms with E-state index in [-0.39, 0.29) is 17.3 Å². The number of hydrogen-bond donors (Lipinski definition) is 2. The van der Waals surface area contributed by atoms with Gasteiger partial charge >= 0.3 is 0 Å². The SMILES string of the molecule is Nc1cc(C(=O)NCCC2CCCCC2)ccc1[N+](=O)[O-]. The van der Waals surface area contributed by atoms with Gasteiger partial charge < -0.3 is 11.1 Å². The van der Waals surface area contributed by atoms with Gasteiger partial charge in [-0.15, -0.1) is 0 Å². The minimum atomic E-state index is -0.555. The van der Waals surface area contributed by atoms with Gasteiger partial charge in [0, 0.05) is 18.2 Å².